The zero-order valence-electron chi connectivity index (χ0n) is 12.5. The highest BCUT2D eigenvalue weighted by molar-refractivity contribution is 5.86. The van der Waals surface area contributed by atoms with Crippen molar-refractivity contribution in [1.82, 2.24) is 15.1 Å². The van der Waals surface area contributed by atoms with E-state index in [1.54, 1.807) is 0 Å². The summed E-state index contributed by atoms with van der Waals surface area (Å²) in [6.07, 6.45) is 6.80. The molecule has 2 atom stereocenters. The average Bonchev–Trinajstić information content (AvgIpc) is 3.23. The smallest absolute Gasteiger partial charge is 0.240 e. The second-order valence-electron chi connectivity index (χ2n) is 6.47. The highest BCUT2D eigenvalue weighted by Crippen LogP contribution is 2.39. The third kappa shape index (κ3) is 2.70. The summed E-state index contributed by atoms with van der Waals surface area (Å²) >= 11 is 0. The van der Waals surface area contributed by atoms with Crippen LogP contribution in [0.1, 0.15) is 49.9 Å². The molecule has 0 saturated heterocycles. The van der Waals surface area contributed by atoms with Gasteiger partial charge in [0.05, 0.1) is 30.9 Å². The molecule has 0 aromatic carbocycles. The Hall–Kier alpha value is -1.40. The van der Waals surface area contributed by atoms with Crippen LogP contribution in [0.3, 0.4) is 0 Å². The van der Waals surface area contributed by atoms with Gasteiger partial charge >= 0.3 is 0 Å². The molecule has 1 heterocycles. The average molecular weight is 292 g/mol. The van der Waals surface area contributed by atoms with Gasteiger partial charge < -0.3 is 16.2 Å². The van der Waals surface area contributed by atoms with Crippen molar-refractivity contribution in [2.45, 2.75) is 57.2 Å². The summed E-state index contributed by atoms with van der Waals surface area (Å²) in [6.45, 7) is 2.42. The van der Waals surface area contributed by atoms with Gasteiger partial charge in [-0.3, -0.25) is 9.48 Å². The van der Waals surface area contributed by atoms with Crippen molar-refractivity contribution >= 4 is 5.91 Å². The van der Waals surface area contributed by atoms with E-state index in [-0.39, 0.29) is 18.6 Å². The fourth-order valence-corrected chi connectivity index (χ4v) is 3.24. The molecule has 2 aliphatic carbocycles. The van der Waals surface area contributed by atoms with Gasteiger partial charge in [-0.25, -0.2) is 0 Å². The summed E-state index contributed by atoms with van der Waals surface area (Å²) in [4.78, 5) is 12.5. The third-order valence-electron chi connectivity index (χ3n) is 4.79. The van der Waals surface area contributed by atoms with Crippen LogP contribution in [0.4, 0.5) is 0 Å². The standard InChI is InChI=1S/C15H24N4O2/c1-15(16,10-5-6-10)14(21)18-12-3-2-4-13-11(12)9-17-19(13)7-8-20/h9-10,12,20H,2-8,16H2,1H3,(H,18,21). The van der Waals surface area contributed by atoms with Crippen molar-refractivity contribution in [2.75, 3.05) is 6.61 Å². The molecule has 1 fully saturated rings. The van der Waals surface area contributed by atoms with Gasteiger partial charge in [-0.1, -0.05) is 0 Å². The normalized spacial score (nSPS) is 24.2. The highest BCUT2D eigenvalue weighted by Gasteiger charge is 2.44. The number of aliphatic hydroxyl groups is 1. The van der Waals surface area contributed by atoms with Crippen molar-refractivity contribution < 1.29 is 9.90 Å². The highest BCUT2D eigenvalue weighted by atomic mass is 16.3. The third-order valence-corrected chi connectivity index (χ3v) is 4.79. The Morgan fingerprint density at radius 3 is 3.00 bits per heavy atom. The first-order valence-corrected chi connectivity index (χ1v) is 7.79. The lowest BCUT2D eigenvalue weighted by molar-refractivity contribution is -0.127. The van der Waals surface area contributed by atoms with Crippen LogP contribution in [0, 0.1) is 5.92 Å². The largest absolute Gasteiger partial charge is 0.394 e. The van der Waals surface area contributed by atoms with E-state index in [9.17, 15) is 4.79 Å². The van der Waals surface area contributed by atoms with Gasteiger partial charge in [-0.15, -0.1) is 0 Å². The van der Waals surface area contributed by atoms with Crippen LogP contribution in [-0.4, -0.2) is 32.9 Å². The van der Waals surface area contributed by atoms with Crippen LogP contribution in [0.5, 0.6) is 0 Å². The first-order valence-electron chi connectivity index (χ1n) is 7.79. The number of hydrogen-bond donors (Lipinski definition) is 3. The summed E-state index contributed by atoms with van der Waals surface area (Å²) in [7, 11) is 0. The molecule has 6 nitrogen and oxygen atoms in total. The summed E-state index contributed by atoms with van der Waals surface area (Å²) in [5, 5.41) is 16.5. The molecule has 0 spiro atoms. The van der Waals surface area contributed by atoms with E-state index < -0.39 is 5.54 Å². The Kier molecular flexibility index (Phi) is 3.75. The minimum atomic E-state index is -0.765. The molecule has 1 saturated carbocycles. The Balaban J connectivity index is 1.74. The van der Waals surface area contributed by atoms with Crippen molar-refractivity contribution in [3.8, 4) is 0 Å². The van der Waals surface area contributed by atoms with Crippen molar-refractivity contribution in [3.05, 3.63) is 17.5 Å². The topological polar surface area (TPSA) is 93.2 Å². The van der Waals surface area contributed by atoms with E-state index in [1.807, 2.05) is 17.8 Å². The first-order chi connectivity index (χ1) is 10.0. The van der Waals surface area contributed by atoms with Crippen LogP contribution in [0.25, 0.3) is 0 Å². The van der Waals surface area contributed by atoms with Gasteiger partial charge in [0.1, 0.15) is 0 Å². The zero-order chi connectivity index (χ0) is 15.0. The van der Waals surface area contributed by atoms with Gasteiger partial charge in [-0.05, 0) is 44.9 Å². The van der Waals surface area contributed by atoms with Crippen LogP contribution in [0.15, 0.2) is 6.20 Å². The van der Waals surface area contributed by atoms with Crippen LogP contribution in [-0.2, 0) is 17.8 Å². The molecule has 1 amide bonds. The van der Waals surface area contributed by atoms with E-state index in [2.05, 4.69) is 10.4 Å². The maximum Gasteiger partial charge on any atom is 0.240 e. The van der Waals surface area contributed by atoms with Crippen molar-refractivity contribution in [1.29, 1.82) is 0 Å². The number of amides is 1. The molecule has 6 heteroatoms. The van der Waals surface area contributed by atoms with Gasteiger partial charge in [-0.2, -0.15) is 5.10 Å². The van der Waals surface area contributed by atoms with E-state index in [4.69, 9.17) is 10.8 Å². The molecular formula is C15H24N4O2. The molecule has 0 bridgehead atoms. The molecular weight excluding hydrogens is 268 g/mol. The number of nitrogens with zero attached hydrogens (tertiary/aromatic N) is 2. The lowest BCUT2D eigenvalue weighted by Crippen LogP contribution is -2.54. The number of aliphatic hydroxyl groups excluding tert-OH is 1. The molecule has 0 aliphatic heterocycles. The molecule has 0 radical (unpaired) electrons. The first kappa shape index (κ1) is 14.5. The quantitative estimate of drug-likeness (QED) is 0.736. The SMILES string of the molecule is CC(N)(C(=O)NC1CCCc2c1cnn2CCO)C1CC1. The number of nitrogens with one attached hydrogen (secondary N) is 1. The number of carbonyl (C=O) groups excluding carboxylic acids is 1. The predicted molar refractivity (Wildman–Crippen MR) is 78.5 cm³/mol. The molecule has 2 unspecified atom stereocenters. The second-order valence-corrected chi connectivity index (χ2v) is 6.47. The molecule has 3 rings (SSSR count). The van der Waals surface area contributed by atoms with E-state index >= 15 is 0 Å². The monoisotopic (exact) mass is 292 g/mol. The lowest BCUT2D eigenvalue weighted by atomic mass is 9.90. The Bertz CT molecular complexity index is 534. The molecule has 1 aromatic heterocycles. The Morgan fingerprint density at radius 2 is 2.33 bits per heavy atom. The Morgan fingerprint density at radius 1 is 1.57 bits per heavy atom. The maximum absolute atomic E-state index is 12.5. The van der Waals surface area contributed by atoms with E-state index in [0.29, 0.717) is 12.5 Å². The fourth-order valence-electron chi connectivity index (χ4n) is 3.24. The molecule has 21 heavy (non-hydrogen) atoms. The lowest BCUT2D eigenvalue weighted by Gasteiger charge is -2.29. The second kappa shape index (κ2) is 5.42. The predicted octanol–water partition coefficient (Wildman–Crippen LogP) is 0.496. The number of aromatic nitrogens is 2. The van der Waals surface area contributed by atoms with Gasteiger partial charge in [0.15, 0.2) is 0 Å². The van der Waals surface area contributed by atoms with Gasteiger partial charge in [0.25, 0.3) is 0 Å². The Labute approximate surface area is 124 Å². The summed E-state index contributed by atoms with van der Waals surface area (Å²) in [6, 6.07) is -0.00434. The summed E-state index contributed by atoms with van der Waals surface area (Å²) in [5.41, 5.74) is 7.63. The zero-order valence-corrected chi connectivity index (χ0v) is 12.5. The molecule has 2 aliphatic rings. The minimum Gasteiger partial charge on any atom is -0.394 e. The van der Waals surface area contributed by atoms with Gasteiger partial charge in [0, 0.05) is 11.3 Å². The number of hydrogen-bond acceptors (Lipinski definition) is 4. The van der Waals surface area contributed by atoms with E-state index in [1.165, 1.54) is 0 Å². The van der Waals surface area contributed by atoms with E-state index in [0.717, 1.165) is 43.4 Å². The summed E-state index contributed by atoms with van der Waals surface area (Å²) in [5.74, 6) is 0.260. The molecule has 4 N–H and O–H groups in total. The maximum atomic E-state index is 12.5. The number of fused-ring (bicyclic) bond motifs is 1. The van der Waals surface area contributed by atoms with Crippen LogP contribution < -0.4 is 11.1 Å². The molecule has 116 valence electrons. The number of carbonyl (C=O) groups is 1. The van der Waals surface area contributed by atoms with Gasteiger partial charge in [0.2, 0.25) is 5.91 Å². The minimum absolute atomic E-state index is 0.00434. The van der Waals surface area contributed by atoms with Crippen molar-refractivity contribution in [3.63, 3.8) is 0 Å². The van der Waals surface area contributed by atoms with Crippen LogP contribution in [0.2, 0.25) is 0 Å². The molecule has 1 aromatic rings. The summed E-state index contributed by atoms with van der Waals surface area (Å²) < 4.78 is 1.84. The van der Waals surface area contributed by atoms with Crippen molar-refractivity contribution in [2.24, 2.45) is 11.7 Å². The number of nitrogens with two attached hydrogens (primary N) is 1. The fraction of sp³-hybridized carbons (Fsp3) is 0.733. The van der Waals surface area contributed by atoms with Crippen LogP contribution >= 0.6 is 0 Å². The number of rotatable bonds is 5.